The second kappa shape index (κ2) is 20.7. The number of carbonyl (C=O) groups excluding carboxylic acids is 6. The number of fused-ring (bicyclic) bond motifs is 5. The van der Waals surface area contributed by atoms with Crippen molar-refractivity contribution in [1.82, 2.24) is 35.3 Å². The maximum Gasteiger partial charge on any atom is 0.415 e. The number of anilines is 1. The first kappa shape index (κ1) is 49.8. The molecule has 4 aromatic rings. The number of carbonyl (C=O) groups is 6. The van der Waals surface area contributed by atoms with Crippen LogP contribution in [0.1, 0.15) is 88.6 Å². The van der Waals surface area contributed by atoms with Crippen LogP contribution in [0.3, 0.4) is 0 Å². The van der Waals surface area contributed by atoms with Crippen LogP contribution in [0.2, 0.25) is 0 Å². The lowest BCUT2D eigenvalue weighted by atomic mass is 9.86. The van der Waals surface area contributed by atoms with E-state index in [0.717, 1.165) is 16.5 Å². The van der Waals surface area contributed by atoms with Crippen LogP contribution in [0.15, 0.2) is 53.3 Å². The first-order valence-corrected chi connectivity index (χ1v) is 23.3. The van der Waals surface area contributed by atoms with Gasteiger partial charge >= 0.3 is 24.2 Å². The molecule has 3 aliphatic rings. The Hall–Kier alpha value is -7.06. The predicted molar refractivity (Wildman–Crippen MR) is 254 cm³/mol. The number of pyridine rings is 2. The zero-order valence-electron chi connectivity index (χ0n) is 40.0. The zero-order valence-corrected chi connectivity index (χ0v) is 40.0. The van der Waals surface area contributed by atoms with E-state index in [1.807, 2.05) is 34.6 Å². The SMILES string of the molecule is CCc1c2c(nc3ccc(OC(=O)N(C)C4CN(C(=O)OCc5ccc(NC(=O)[C@H](CCCNC(N)=O)NC(=O)[C@@H](NC(C)C)C(C)C)cc5)C4)cc13)-c1cc3c(c(=O)n1C2)COC(=O)[C@]3(O)CC. The van der Waals surface area contributed by atoms with E-state index < -0.39 is 47.8 Å². The number of nitrogens with one attached hydrogen (secondary N) is 4. The van der Waals surface area contributed by atoms with Crippen molar-refractivity contribution in [3.63, 3.8) is 0 Å². The van der Waals surface area contributed by atoms with E-state index in [-0.39, 0.29) is 92.8 Å². The molecule has 0 unspecified atom stereocenters. The normalized spacial score (nSPS) is 17.0. The Morgan fingerprint density at radius 1 is 1.00 bits per heavy atom. The predicted octanol–water partition coefficient (Wildman–Crippen LogP) is 3.99. The molecule has 7 rings (SSSR count). The van der Waals surface area contributed by atoms with Crippen LogP contribution in [0.4, 0.5) is 20.1 Å². The van der Waals surface area contributed by atoms with Crippen molar-refractivity contribution in [1.29, 1.82) is 0 Å². The molecule has 0 saturated carbocycles. The van der Waals surface area contributed by atoms with Gasteiger partial charge in [-0.25, -0.2) is 24.2 Å². The summed E-state index contributed by atoms with van der Waals surface area (Å²) >= 11 is 0. The van der Waals surface area contributed by atoms with Crippen molar-refractivity contribution in [2.45, 2.75) is 117 Å². The van der Waals surface area contributed by atoms with Crippen LogP contribution >= 0.6 is 0 Å². The summed E-state index contributed by atoms with van der Waals surface area (Å²) in [7, 11) is 1.60. The number of esters is 1. The average Bonchev–Trinajstić information content (AvgIpc) is 3.66. The number of hydrogen-bond donors (Lipinski definition) is 6. The Balaban J connectivity index is 0.914. The number of nitrogens with zero attached hydrogens (tertiary/aromatic N) is 4. The lowest BCUT2D eigenvalue weighted by molar-refractivity contribution is -0.172. The number of likely N-dealkylation sites (tertiary alicyclic amines) is 1. The summed E-state index contributed by atoms with van der Waals surface area (Å²) in [5.41, 5.74) is 7.96. The number of ether oxygens (including phenoxy) is 3. The molecule has 0 radical (unpaired) electrons. The molecule has 2 aromatic carbocycles. The third-order valence-corrected chi connectivity index (χ3v) is 12.9. The minimum Gasteiger partial charge on any atom is -0.458 e. The molecule has 2 aromatic heterocycles. The van der Waals surface area contributed by atoms with Gasteiger partial charge in [0, 0.05) is 54.9 Å². The number of aryl methyl sites for hydroxylation is 1. The van der Waals surface area contributed by atoms with E-state index >= 15 is 0 Å². The fourth-order valence-electron chi connectivity index (χ4n) is 8.91. The maximum absolute atomic E-state index is 13.7. The van der Waals surface area contributed by atoms with Crippen LogP contribution in [0, 0.1) is 5.92 Å². The molecule has 0 aliphatic carbocycles. The molecule has 69 heavy (non-hydrogen) atoms. The minimum atomic E-state index is -1.93. The molecule has 0 spiro atoms. The highest BCUT2D eigenvalue weighted by molar-refractivity contribution is 5.98. The molecule has 368 valence electrons. The first-order valence-electron chi connectivity index (χ1n) is 23.3. The number of cyclic esters (lactones) is 1. The standard InChI is InChI=1S/C49H61N9O11/c1-8-32-33-19-31(16-17-37(33)54-41-34(32)23-58-39(41)20-36-35(44(58)61)25-67-45(62)49(36,66)9-2)69-47(64)56(7)30-21-57(22-30)48(65)68-24-28-12-14-29(15-13-28)53-42(59)38(11-10-18-51-46(50)63)55-43(60)40(26(3)4)52-27(5)6/h12-17,19-20,26-27,30,38,40,52,66H,8-11,18,21-25H2,1-7H3,(H,53,59)(H,55,60)(H3,50,51,63)/t38-,40-,49-/m0/s1. The lowest BCUT2D eigenvalue weighted by Gasteiger charge is -2.42. The molecule has 1 fully saturated rings. The maximum atomic E-state index is 13.7. The van der Waals surface area contributed by atoms with Gasteiger partial charge in [-0.15, -0.1) is 0 Å². The number of aliphatic hydroxyl groups is 1. The second-order valence-corrected chi connectivity index (χ2v) is 18.4. The summed E-state index contributed by atoms with van der Waals surface area (Å²) < 4.78 is 18.1. The molecular formula is C49H61N9O11. The van der Waals surface area contributed by atoms with Crippen molar-refractivity contribution in [3.8, 4) is 17.1 Å². The van der Waals surface area contributed by atoms with Crippen molar-refractivity contribution >= 4 is 52.6 Å². The molecule has 6 amide bonds. The van der Waals surface area contributed by atoms with Crippen LogP contribution in [0.25, 0.3) is 22.3 Å². The number of hydrogen-bond acceptors (Lipinski definition) is 13. The lowest BCUT2D eigenvalue weighted by Crippen LogP contribution is -2.61. The van der Waals surface area contributed by atoms with Crippen LogP contribution in [-0.2, 0) is 55.6 Å². The molecule has 5 heterocycles. The van der Waals surface area contributed by atoms with Crippen molar-refractivity contribution in [3.05, 3.63) is 86.7 Å². The van der Waals surface area contributed by atoms with Crippen molar-refractivity contribution < 1.29 is 48.1 Å². The number of urea groups is 1. The van der Waals surface area contributed by atoms with Gasteiger partial charge in [0.25, 0.3) is 5.56 Å². The monoisotopic (exact) mass is 951 g/mol. The third-order valence-electron chi connectivity index (χ3n) is 12.9. The molecule has 1 saturated heterocycles. The Kier molecular flexibility index (Phi) is 14.9. The Bertz CT molecular complexity index is 2720. The number of rotatable bonds is 17. The zero-order chi connectivity index (χ0) is 49.9. The Morgan fingerprint density at radius 3 is 2.38 bits per heavy atom. The van der Waals surface area contributed by atoms with Gasteiger partial charge in [0.1, 0.15) is 25.0 Å². The minimum absolute atomic E-state index is 0.0362. The largest absolute Gasteiger partial charge is 0.458 e. The van der Waals surface area contributed by atoms with Crippen LogP contribution < -0.4 is 37.3 Å². The van der Waals surface area contributed by atoms with Gasteiger partial charge in [0.15, 0.2) is 5.60 Å². The molecule has 7 N–H and O–H groups in total. The smallest absolute Gasteiger partial charge is 0.415 e. The van der Waals surface area contributed by atoms with Crippen LogP contribution in [-0.4, -0.2) is 111 Å². The van der Waals surface area contributed by atoms with Gasteiger partial charge in [-0.1, -0.05) is 53.7 Å². The fourth-order valence-corrected chi connectivity index (χ4v) is 8.91. The summed E-state index contributed by atoms with van der Waals surface area (Å²) in [4.78, 5) is 98.3. The number of nitrogens with two attached hydrogens (primary N) is 1. The van der Waals surface area contributed by atoms with Crippen LogP contribution in [0.5, 0.6) is 5.75 Å². The van der Waals surface area contributed by atoms with E-state index in [2.05, 4.69) is 21.3 Å². The van der Waals surface area contributed by atoms with E-state index in [9.17, 15) is 38.7 Å². The Labute approximate surface area is 399 Å². The molecule has 20 heteroatoms. The average molecular weight is 952 g/mol. The number of amides is 6. The fraction of sp³-hybridized carbons (Fsp3) is 0.469. The molecule has 3 aliphatic heterocycles. The molecule has 0 bridgehead atoms. The molecule has 20 nitrogen and oxygen atoms in total. The van der Waals surface area contributed by atoms with Gasteiger partial charge in [0.05, 0.1) is 41.1 Å². The highest BCUT2D eigenvalue weighted by Gasteiger charge is 2.46. The van der Waals surface area contributed by atoms with Gasteiger partial charge < -0.3 is 60.7 Å². The highest BCUT2D eigenvalue weighted by atomic mass is 16.6. The summed E-state index contributed by atoms with van der Waals surface area (Å²) in [5, 5.41) is 23.4. The van der Waals surface area contributed by atoms with Crippen molar-refractivity contribution in [2.24, 2.45) is 11.7 Å². The number of aromatic nitrogens is 2. The van der Waals surface area contributed by atoms with E-state index in [0.29, 0.717) is 46.7 Å². The van der Waals surface area contributed by atoms with E-state index in [1.54, 1.807) is 67.1 Å². The topological polar surface area (TPSA) is 266 Å². The van der Waals surface area contributed by atoms with Gasteiger partial charge in [0.2, 0.25) is 11.8 Å². The number of primary amides is 1. The van der Waals surface area contributed by atoms with Gasteiger partial charge in [-0.05, 0) is 79.1 Å². The van der Waals surface area contributed by atoms with Gasteiger partial charge in [-0.3, -0.25) is 14.4 Å². The summed E-state index contributed by atoms with van der Waals surface area (Å²) in [6, 6.07) is 11.2. The number of benzene rings is 2. The Morgan fingerprint density at radius 2 is 1.72 bits per heavy atom. The second-order valence-electron chi connectivity index (χ2n) is 18.4. The summed E-state index contributed by atoms with van der Waals surface area (Å²) in [6.07, 6.45) is 0.0827. The quantitative estimate of drug-likeness (QED) is 0.0570. The summed E-state index contributed by atoms with van der Waals surface area (Å²) in [6.45, 7) is 12.0. The third kappa shape index (κ3) is 10.5. The molecular weight excluding hydrogens is 891 g/mol. The number of likely N-dealkylation sites (N-methyl/N-ethyl adjacent to an activating group) is 1. The van der Waals surface area contributed by atoms with E-state index in [4.69, 9.17) is 24.9 Å². The highest BCUT2D eigenvalue weighted by Crippen LogP contribution is 2.41. The summed E-state index contributed by atoms with van der Waals surface area (Å²) in [5.74, 6) is -1.28. The van der Waals surface area contributed by atoms with E-state index in [1.165, 1.54) is 9.80 Å². The van der Waals surface area contributed by atoms with Crippen molar-refractivity contribution in [2.75, 3.05) is 32.0 Å². The van der Waals surface area contributed by atoms with Gasteiger partial charge in [-0.2, -0.15) is 0 Å². The molecule has 3 atom stereocenters. The first-order chi connectivity index (χ1) is 32.8.